The molecule has 0 saturated heterocycles. The van der Waals surface area contributed by atoms with E-state index >= 15 is 0 Å². The minimum atomic E-state index is 0.120. The van der Waals surface area contributed by atoms with Gasteiger partial charge >= 0.3 is 0 Å². The van der Waals surface area contributed by atoms with Crippen LogP contribution in [0.3, 0.4) is 0 Å². The van der Waals surface area contributed by atoms with Crippen LogP contribution in [0, 0.1) is 5.92 Å². The Morgan fingerprint density at radius 2 is 2.40 bits per heavy atom. The minimum absolute atomic E-state index is 0.120. The van der Waals surface area contributed by atoms with Crippen molar-refractivity contribution < 1.29 is 5.11 Å². The third-order valence-electron chi connectivity index (χ3n) is 1.30. The number of hydrazine groups is 1. The van der Waals surface area contributed by atoms with E-state index in [2.05, 4.69) is 6.92 Å². The summed E-state index contributed by atoms with van der Waals surface area (Å²) in [4.78, 5) is 0. The Kier molecular flexibility index (Phi) is 4.80. The van der Waals surface area contributed by atoms with Gasteiger partial charge in [0.05, 0.1) is 22.9 Å². The minimum Gasteiger partial charge on any atom is -0.494 e. The molecule has 0 spiro atoms. The molecule has 0 aromatic heterocycles. The number of hydrogen-bond donors (Lipinski definition) is 2. The van der Waals surface area contributed by atoms with Gasteiger partial charge in [-0.25, -0.2) is 9.06 Å². The average Bonchev–Trinajstić information content (AvgIpc) is 1.87. The van der Waals surface area contributed by atoms with Gasteiger partial charge in [-0.05, 0) is 18.4 Å². The molecule has 0 bridgehead atoms. The molecule has 0 amide bonds. The second kappa shape index (κ2) is 4.79. The highest BCUT2D eigenvalue weighted by Crippen LogP contribution is 2.08. The highest BCUT2D eigenvalue weighted by molar-refractivity contribution is 14.1. The van der Waals surface area contributed by atoms with Gasteiger partial charge in [0.1, 0.15) is 0 Å². The first kappa shape index (κ1) is 10.0. The topological polar surface area (TPSA) is 49.5 Å². The summed E-state index contributed by atoms with van der Waals surface area (Å²) in [6.07, 6.45) is 2.74. The monoisotopic (exact) mass is 256 g/mol. The first-order valence-electron chi connectivity index (χ1n) is 3.19. The number of nitrogens with two attached hydrogens (primary N) is 1. The van der Waals surface area contributed by atoms with E-state index < -0.39 is 0 Å². The van der Waals surface area contributed by atoms with Gasteiger partial charge in [0, 0.05) is 0 Å². The van der Waals surface area contributed by atoms with Gasteiger partial charge < -0.3 is 5.11 Å². The molecular weight excluding hydrogens is 243 g/mol. The van der Waals surface area contributed by atoms with Gasteiger partial charge in [0.25, 0.3) is 0 Å². The molecule has 0 aliphatic heterocycles. The Labute approximate surface area is 75.4 Å². The Bertz CT molecular complexity index is 125. The fourth-order valence-corrected chi connectivity index (χ4v) is 0.604. The van der Waals surface area contributed by atoms with E-state index in [1.54, 1.807) is 6.08 Å². The Balaban J connectivity index is 3.89. The molecule has 0 heterocycles. The Hall–Kier alpha value is 0.0300. The summed E-state index contributed by atoms with van der Waals surface area (Å²) in [5.74, 6) is 5.74. The largest absolute Gasteiger partial charge is 0.494 e. The van der Waals surface area contributed by atoms with Gasteiger partial charge in [-0.15, -0.1) is 0 Å². The zero-order valence-corrected chi connectivity index (χ0v) is 8.37. The molecule has 10 heavy (non-hydrogen) atoms. The molecular formula is C6H13IN2O. The lowest BCUT2D eigenvalue weighted by molar-refractivity contribution is 0.307. The molecule has 0 aliphatic carbocycles. The molecule has 0 aromatic rings. The quantitative estimate of drug-likeness (QED) is 0.267. The molecule has 3 N–H and O–H groups in total. The van der Waals surface area contributed by atoms with E-state index in [1.165, 1.54) is 3.22 Å². The van der Waals surface area contributed by atoms with Crippen molar-refractivity contribution in [1.82, 2.24) is 3.22 Å². The molecule has 0 rings (SSSR count). The zero-order chi connectivity index (χ0) is 8.15. The van der Waals surface area contributed by atoms with Crippen molar-refractivity contribution in [3.8, 4) is 0 Å². The third kappa shape index (κ3) is 3.94. The first-order valence-corrected chi connectivity index (χ1v) is 4.15. The zero-order valence-electron chi connectivity index (χ0n) is 6.21. The number of nitrogens with zero attached hydrogens (tertiary/aromatic N) is 1. The summed E-state index contributed by atoms with van der Waals surface area (Å²) >= 11 is 1.81. The molecule has 0 radical (unpaired) electrons. The van der Waals surface area contributed by atoms with Gasteiger partial charge in [0.2, 0.25) is 5.88 Å². The van der Waals surface area contributed by atoms with Crippen molar-refractivity contribution in [3.63, 3.8) is 0 Å². The van der Waals surface area contributed by atoms with Crippen molar-refractivity contribution in [3.05, 3.63) is 12.0 Å². The third-order valence-corrected chi connectivity index (χ3v) is 1.79. The van der Waals surface area contributed by atoms with Crippen LogP contribution in [0.25, 0.3) is 0 Å². The lowest BCUT2D eigenvalue weighted by atomic mass is 10.1. The summed E-state index contributed by atoms with van der Waals surface area (Å²) in [5, 5.41) is 9.08. The van der Waals surface area contributed by atoms with Crippen LogP contribution in [-0.2, 0) is 0 Å². The number of aliphatic hydroxyl groups excluding tert-OH is 1. The maximum atomic E-state index is 9.08. The van der Waals surface area contributed by atoms with Crippen LogP contribution in [0.1, 0.15) is 20.3 Å². The predicted molar refractivity (Wildman–Crippen MR) is 50.2 cm³/mol. The number of rotatable bonds is 3. The van der Waals surface area contributed by atoms with E-state index in [0.717, 1.165) is 6.42 Å². The number of hydrogen-bond acceptors (Lipinski definition) is 3. The van der Waals surface area contributed by atoms with E-state index in [9.17, 15) is 0 Å². The Morgan fingerprint density at radius 1 is 1.90 bits per heavy atom. The smallest absolute Gasteiger partial charge is 0.206 e. The highest BCUT2D eigenvalue weighted by Gasteiger charge is 2.00. The molecule has 4 heteroatoms. The second-order valence-corrected chi connectivity index (χ2v) is 3.26. The van der Waals surface area contributed by atoms with Crippen LogP contribution >= 0.6 is 22.9 Å². The van der Waals surface area contributed by atoms with E-state index in [1.807, 2.05) is 29.8 Å². The normalized spacial score (nSPS) is 15.0. The Morgan fingerprint density at radius 3 is 2.70 bits per heavy atom. The molecule has 60 valence electrons. The van der Waals surface area contributed by atoms with Crippen LogP contribution < -0.4 is 5.84 Å². The van der Waals surface area contributed by atoms with Crippen LogP contribution in [0.5, 0.6) is 0 Å². The molecule has 0 fully saturated rings. The van der Waals surface area contributed by atoms with Gasteiger partial charge in [0.15, 0.2) is 0 Å². The standard InChI is InChI=1S/C6H13IN2O/c1-3-5(2)4-6(10)9(7)8/h4-5,10H,3,8H2,1-2H3/b6-4+. The average molecular weight is 256 g/mol. The van der Waals surface area contributed by atoms with Gasteiger partial charge in [-0.2, -0.15) is 0 Å². The molecule has 3 nitrogen and oxygen atoms in total. The SMILES string of the molecule is CCC(C)/C=C(/O)N(N)I. The summed E-state index contributed by atoms with van der Waals surface area (Å²) in [6, 6.07) is 0. The van der Waals surface area contributed by atoms with E-state index in [0.29, 0.717) is 5.92 Å². The van der Waals surface area contributed by atoms with Crippen LogP contribution in [-0.4, -0.2) is 8.33 Å². The van der Waals surface area contributed by atoms with Crippen molar-refractivity contribution in [2.24, 2.45) is 11.8 Å². The number of halogens is 1. The number of aliphatic hydroxyl groups is 1. The lowest BCUT2D eigenvalue weighted by Gasteiger charge is -2.08. The molecule has 0 aliphatic rings. The van der Waals surface area contributed by atoms with Crippen molar-refractivity contribution >= 4 is 22.9 Å². The fraction of sp³-hybridized carbons (Fsp3) is 0.667. The fourth-order valence-electron chi connectivity index (χ4n) is 0.444. The second-order valence-electron chi connectivity index (χ2n) is 2.22. The molecule has 1 unspecified atom stereocenters. The van der Waals surface area contributed by atoms with Crippen molar-refractivity contribution in [2.75, 3.05) is 0 Å². The van der Waals surface area contributed by atoms with E-state index in [-0.39, 0.29) is 5.88 Å². The molecule has 0 saturated carbocycles. The lowest BCUT2D eigenvalue weighted by Crippen LogP contribution is -2.18. The molecule has 0 aromatic carbocycles. The van der Waals surface area contributed by atoms with Crippen LogP contribution in [0.15, 0.2) is 12.0 Å². The van der Waals surface area contributed by atoms with Crippen molar-refractivity contribution in [1.29, 1.82) is 0 Å². The maximum absolute atomic E-state index is 9.08. The number of allylic oxidation sites excluding steroid dienone is 1. The highest BCUT2D eigenvalue weighted by atomic mass is 127. The summed E-state index contributed by atoms with van der Waals surface area (Å²) in [5.41, 5.74) is 0. The van der Waals surface area contributed by atoms with Gasteiger partial charge in [-0.3, -0.25) is 0 Å². The van der Waals surface area contributed by atoms with Crippen LogP contribution in [0.2, 0.25) is 0 Å². The van der Waals surface area contributed by atoms with Crippen LogP contribution in [0.4, 0.5) is 0 Å². The van der Waals surface area contributed by atoms with E-state index in [4.69, 9.17) is 10.9 Å². The predicted octanol–water partition coefficient (Wildman–Crippen LogP) is 1.96. The first-order chi connectivity index (χ1) is 4.57. The summed E-state index contributed by atoms with van der Waals surface area (Å²) < 4.78 is 1.17. The van der Waals surface area contributed by atoms with Crippen molar-refractivity contribution in [2.45, 2.75) is 20.3 Å². The molecule has 1 atom stereocenters. The van der Waals surface area contributed by atoms with Gasteiger partial charge in [-0.1, -0.05) is 13.8 Å². The summed E-state index contributed by atoms with van der Waals surface area (Å²) in [6.45, 7) is 4.08. The summed E-state index contributed by atoms with van der Waals surface area (Å²) in [7, 11) is 0. The maximum Gasteiger partial charge on any atom is 0.206 e.